The predicted molar refractivity (Wildman–Crippen MR) is 143 cm³/mol. The van der Waals surface area contributed by atoms with E-state index in [1.54, 1.807) is 0 Å². The maximum atomic E-state index is 13.1. The summed E-state index contributed by atoms with van der Waals surface area (Å²) < 4.78 is 0. The quantitative estimate of drug-likeness (QED) is 0.287. The highest BCUT2D eigenvalue weighted by atomic mass is 16.1. The Morgan fingerprint density at radius 1 is 0.818 bits per heavy atom. The molecule has 0 bridgehead atoms. The lowest BCUT2D eigenvalue weighted by Gasteiger charge is -2.32. The Morgan fingerprint density at radius 2 is 1.39 bits per heavy atom. The lowest BCUT2D eigenvalue weighted by atomic mass is 9.74. The Kier molecular flexibility index (Phi) is 10.2. The number of carbonyl (C=O) groups excluding carboxylic acids is 1. The van der Waals surface area contributed by atoms with E-state index in [0.717, 1.165) is 47.6 Å². The molecule has 1 aliphatic heterocycles. The summed E-state index contributed by atoms with van der Waals surface area (Å²) >= 11 is 0. The number of unbranched alkanes of at least 4 members (excludes halogenated alkanes) is 12. The van der Waals surface area contributed by atoms with Gasteiger partial charge in [0.25, 0.3) is 0 Å². The first-order chi connectivity index (χ1) is 16.0. The molecule has 182 valence electrons. The maximum absolute atomic E-state index is 13.1. The van der Waals surface area contributed by atoms with Crippen LogP contribution >= 0.6 is 0 Å². The third kappa shape index (κ3) is 8.12. The van der Waals surface area contributed by atoms with Crippen molar-refractivity contribution in [2.45, 2.75) is 124 Å². The third-order valence-electron chi connectivity index (χ3n) is 7.13. The second-order valence-corrected chi connectivity index (χ2v) is 11.0. The van der Waals surface area contributed by atoms with Crippen LogP contribution in [0.15, 0.2) is 40.5 Å². The first-order valence-corrected chi connectivity index (χ1v) is 13.7. The number of nitrogens with zero attached hydrogens (tertiary/aromatic N) is 1. The van der Waals surface area contributed by atoms with Crippen molar-refractivity contribution in [3.05, 3.63) is 35.5 Å². The van der Waals surface area contributed by atoms with Gasteiger partial charge in [-0.2, -0.15) is 0 Å². The Bertz CT molecular complexity index is 833. The van der Waals surface area contributed by atoms with E-state index < -0.39 is 0 Å². The average molecular weight is 451 g/mol. The largest absolute Gasteiger partial charge is 0.356 e. The molecular weight excluding hydrogens is 404 g/mol. The summed E-state index contributed by atoms with van der Waals surface area (Å²) in [4.78, 5) is 18.1. The van der Waals surface area contributed by atoms with Gasteiger partial charge in [-0.1, -0.05) is 110 Å². The number of aliphatic imine (C=N–C) groups is 1. The van der Waals surface area contributed by atoms with Crippen LogP contribution in [0.4, 0.5) is 11.4 Å². The summed E-state index contributed by atoms with van der Waals surface area (Å²) in [6, 6.07) is 8.20. The minimum absolute atomic E-state index is 0.00279. The van der Waals surface area contributed by atoms with Crippen molar-refractivity contribution < 1.29 is 4.79 Å². The monoisotopic (exact) mass is 450 g/mol. The van der Waals surface area contributed by atoms with Gasteiger partial charge >= 0.3 is 0 Å². The number of carbonyl (C=O) groups is 1. The summed E-state index contributed by atoms with van der Waals surface area (Å²) in [7, 11) is 0. The lowest BCUT2D eigenvalue weighted by Crippen LogP contribution is -2.31. The van der Waals surface area contributed by atoms with Crippen molar-refractivity contribution >= 4 is 22.9 Å². The molecule has 1 aliphatic carbocycles. The van der Waals surface area contributed by atoms with E-state index in [4.69, 9.17) is 4.99 Å². The van der Waals surface area contributed by atoms with Gasteiger partial charge in [0.2, 0.25) is 0 Å². The van der Waals surface area contributed by atoms with Gasteiger partial charge in [0.05, 0.1) is 22.7 Å². The van der Waals surface area contributed by atoms with Crippen LogP contribution in [-0.4, -0.2) is 11.5 Å². The summed E-state index contributed by atoms with van der Waals surface area (Å²) in [5.41, 5.74) is 4.95. The van der Waals surface area contributed by atoms with E-state index in [2.05, 4.69) is 38.2 Å². The molecular formula is C30H46N2O. The van der Waals surface area contributed by atoms with Crippen LogP contribution in [0.1, 0.15) is 124 Å². The fourth-order valence-corrected chi connectivity index (χ4v) is 5.29. The highest BCUT2D eigenvalue weighted by Gasteiger charge is 2.36. The zero-order valence-electron chi connectivity index (χ0n) is 21.5. The maximum Gasteiger partial charge on any atom is 0.167 e. The molecule has 1 aromatic carbocycles. The molecule has 33 heavy (non-hydrogen) atoms. The molecule has 0 amide bonds. The normalized spacial score (nSPS) is 17.2. The summed E-state index contributed by atoms with van der Waals surface area (Å²) in [6.07, 6.45) is 20.0. The lowest BCUT2D eigenvalue weighted by molar-refractivity contribution is -0.117. The predicted octanol–water partition coefficient (Wildman–Crippen LogP) is 9.31. The van der Waals surface area contributed by atoms with E-state index in [1.807, 2.05) is 12.1 Å². The number of ketones is 1. The van der Waals surface area contributed by atoms with Gasteiger partial charge in [0, 0.05) is 12.1 Å². The molecule has 3 rings (SSSR count). The fourth-order valence-electron chi connectivity index (χ4n) is 5.29. The van der Waals surface area contributed by atoms with Crippen molar-refractivity contribution in [3.8, 4) is 0 Å². The molecule has 0 saturated heterocycles. The highest BCUT2D eigenvalue weighted by Crippen LogP contribution is 2.41. The van der Waals surface area contributed by atoms with Crippen molar-refractivity contribution in [2.75, 3.05) is 5.32 Å². The number of nitrogens with one attached hydrogen (secondary N) is 1. The SMILES string of the molecule is CCCCCCCCCCCCCCCC1=Nc2ccccc2NC2=C1C(=O)CC(C)(C)C2. The van der Waals surface area contributed by atoms with Crippen LogP contribution in [-0.2, 0) is 4.79 Å². The number of hydrogen-bond acceptors (Lipinski definition) is 3. The van der Waals surface area contributed by atoms with E-state index in [-0.39, 0.29) is 11.2 Å². The van der Waals surface area contributed by atoms with Gasteiger partial charge < -0.3 is 5.32 Å². The summed E-state index contributed by atoms with van der Waals surface area (Å²) in [5.74, 6) is 0.259. The molecule has 0 spiro atoms. The molecule has 0 saturated carbocycles. The number of hydrogen-bond donors (Lipinski definition) is 1. The molecule has 0 aromatic heterocycles. The second kappa shape index (κ2) is 13.1. The van der Waals surface area contributed by atoms with E-state index in [1.165, 1.54) is 77.0 Å². The third-order valence-corrected chi connectivity index (χ3v) is 7.13. The standard InChI is InChI=1S/C30H46N2O/c1-4-5-6-7-8-9-10-11-12-13-14-15-16-21-26-29-27(22-30(2,3)23-28(29)33)32-25-20-18-17-19-24(25)31-26/h17-20,32H,4-16,21-23H2,1-3H3. The number of para-hydroxylation sites is 2. The number of anilines is 1. The van der Waals surface area contributed by atoms with Crippen molar-refractivity contribution in [2.24, 2.45) is 10.4 Å². The van der Waals surface area contributed by atoms with Crippen LogP contribution in [0.25, 0.3) is 0 Å². The van der Waals surface area contributed by atoms with E-state index >= 15 is 0 Å². The first kappa shape index (κ1) is 25.7. The van der Waals surface area contributed by atoms with Gasteiger partial charge in [-0.25, -0.2) is 0 Å². The van der Waals surface area contributed by atoms with Gasteiger partial charge in [-0.05, 0) is 36.8 Å². The second-order valence-electron chi connectivity index (χ2n) is 11.0. The zero-order chi connectivity index (χ0) is 23.5. The molecule has 3 nitrogen and oxygen atoms in total. The molecule has 0 unspecified atom stereocenters. The number of benzene rings is 1. The van der Waals surface area contributed by atoms with Crippen LogP contribution in [0, 0.1) is 5.41 Å². The zero-order valence-corrected chi connectivity index (χ0v) is 21.5. The van der Waals surface area contributed by atoms with Crippen LogP contribution in [0.3, 0.4) is 0 Å². The van der Waals surface area contributed by atoms with E-state index in [0.29, 0.717) is 6.42 Å². The Labute approximate surface area is 202 Å². The Morgan fingerprint density at radius 3 is 2.03 bits per heavy atom. The van der Waals surface area contributed by atoms with Gasteiger partial charge in [0.1, 0.15) is 0 Å². The molecule has 3 heteroatoms. The van der Waals surface area contributed by atoms with E-state index in [9.17, 15) is 4.79 Å². The van der Waals surface area contributed by atoms with Crippen LogP contribution in [0.2, 0.25) is 0 Å². The Balaban J connectivity index is 1.44. The Hall–Kier alpha value is -1.90. The first-order valence-electron chi connectivity index (χ1n) is 13.7. The average Bonchev–Trinajstić information content (AvgIpc) is 2.92. The van der Waals surface area contributed by atoms with Gasteiger partial charge in [-0.3, -0.25) is 9.79 Å². The fraction of sp³-hybridized carbons (Fsp3) is 0.667. The topological polar surface area (TPSA) is 41.5 Å². The minimum Gasteiger partial charge on any atom is -0.356 e. The van der Waals surface area contributed by atoms with Crippen LogP contribution < -0.4 is 5.32 Å². The van der Waals surface area contributed by atoms with Gasteiger partial charge in [0.15, 0.2) is 5.78 Å². The minimum atomic E-state index is 0.00279. The number of rotatable bonds is 14. The van der Waals surface area contributed by atoms with Crippen LogP contribution in [0.5, 0.6) is 0 Å². The molecule has 2 aliphatic rings. The van der Waals surface area contributed by atoms with Gasteiger partial charge in [-0.15, -0.1) is 0 Å². The van der Waals surface area contributed by atoms with Crippen molar-refractivity contribution in [1.82, 2.24) is 0 Å². The summed E-state index contributed by atoms with van der Waals surface area (Å²) in [6.45, 7) is 6.66. The molecule has 0 atom stereocenters. The number of allylic oxidation sites excluding steroid dienone is 2. The molecule has 1 heterocycles. The number of Topliss-reactive ketones (excluding diaryl/α,β-unsaturated/α-hetero) is 1. The molecule has 1 aromatic rings. The number of fused-ring (bicyclic) bond motifs is 1. The molecule has 0 radical (unpaired) electrons. The molecule has 0 fully saturated rings. The van der Waals surface area contributed by atoms with Crippen molar-refractivity contribution in [3.63, 3.8) is 0 Å². The summed E-state index contributed by atoms with van der Waals surface area (Å²) in [5, 5.41) is 3.57. The smallest absolute Gasteiger partial charge is 0.167 e. The van der Waals surface area contributed by atoms with Crippen molar-refractivity contribution in [1.29, 1.82) is 0 Å². The molecule has 1 N–H and O–H groups in total. The highest BCUT2D eigenvalue weighted by molar-refractivity contribution is 6.25.